The Kier molecular flexibility index (Phi) is 1.47. The maximum Gasteiger partial charge on any atom is 0.119 e. The lowest BCUT2D eigenvalue weighted by Crippen LogP contribution is -2.54. The molecule has 0 spiro atoms. The summed E-state index contributed by atoms with van der Waals surface area (Å²) in [6.45, 7) is 2.47. The van der Waals surface area contributed by atoms with E-state index in [9.17, 15) is 0 Å². The van der Waals surface area contributed by atoms with Gasteiger partial charge < -0.3 is 9.47 Å². The highest BCUT2D eigenvalue weighted by molar-refractivity contribution is 5.00. The second-order valence-electron chi connectivity index (χ2n) is 4.38. The Balaban J connectivity index is 1.82. The average Bonchev–Trinajstić information content (AvgIpc) is 2.56. The molecule has 2 aliphatic heterocycles. The third-order valence-electron chi connectivity index (χ3n) is 3.44. The van der Waals surface area contributed by atoms with Gasteiger partial charge in [0.15, 0.2) is 0 Å². The lowest BCUT2D eigenvalue weighted by Gasteiger charge is -2.52. The SMILES string of the molecule is CN1CC2CC(C1)C2n1cnnc1. The minimum Gasteiger partial charge on any atom is -0.316 e. The smallest absolute Gasteiger partial charge is 0.119 e. The molecule has 1 aromatic rings. The van der Waals surface area contributed by atoms with Gasteiger partial charge in [-0.2, -0.15) is 0 Å². The summed E-state index contributed by atoms with van der Waals surface area (Å²) in [4.78, 5) is 2.43. The Morgan fingerprint density at radius 2 is 1.77 bits per heavy atom. The fourth-order valence-electron chi connectivity index (χ4n) is 2.95. The molecule has 3 fully saturated rings. The van der Waals surface area contributed by atoms with Crippen LogP contribution in [0.25, 0.3) is 0 Å². The third-order valence-corrected chi connectivity index (χ3v) is 3.44. The van der Waals surface area contributed by atoms with Gasteiger partial charge in [0.25, 0.3) is 0 Å². The second-order valence-corrected chi connectivity index (χ2v) is 4.38. The summed E-state index contributed by atoms with van der Waals surface area (Å²) in [5, 5.41) is 7.74. The summed E-state index contributed by atoms with van der Waals surface area (Å²) < 4.78 is 2.19. The van der Waals surface area contributed by atoms with Crippen molar-refractivity contribution in [2.24, 2.45) is 11.8 Å². The molecule has 0 aromatic carbocycles. The lowest BCUT2D eigenvalue weighted by atomic mass is 9.66. The van der Waals surface area contributed by atoms with Gasteiger partial charge in [-0.25, -0.2) is 0 Å². The molecular formula is C9H14N4. The van der Waals surface area contributed by atoms with Crippen molar-refractivity contribution in [1.82, 2.24) is 19.7 Å². The van der Waals surface area contributed by atoms with Crippen LogP contribution in [0, 0.1) is 11.8 Å². The van der Waals surface area contributed by atoms with Crippen molar-refractivity contribution in [3.05, 3.63) is 12.7 Å². The van der Waals surface area contributed by atoms with E-state index in [2.05, 4.69) is 26.7 Å². The number of nitrogens with zero attached hydrogens (tertiary/aromatic N) is 4. The standard InChI is InChI=1S/C9H14N4/c1-12-3-7-2-8(4-12)9(7)13-5-10-11-6-13/h5-9H,2-4H2,1H3. The van der Waals surface area contributed by atoms with Crippen molar-refractivity contribution >= 4 is 0 Å². The maximum atomic E-state index is 3.87. The van der Waals surface area contributed by atoms with E-state index in [0.717, 1.165) is 11.8 Å². The Labute approximate surface area is 77.6 Å². The van der Waals surface area contributed by atoms with Gasteiger partial charge in [0.2, 0.25) is 0 Å². The molecule has 0 radical (unpaired) electrons. The summed E-state index contributed by atoms with van der Waals surface area (Å²) in [6, 6.07) is 0.686. The fraction of sp³-hybridized carbons (Fsp3) is 0.778. The number of piperidine rings is 2. The van der Waals surface area contributed by atoms with Crippen LogP contribution in [-0.4, -0.2) is 39.8 Å². The average molecular weight is 178 g/mol. The minimum atomic E-state index is 0.686. The first kappa shape index (κ1) is 7.50. The van der Waals surface area contributed by atoms with Gasteiger partial charge in [0, 0.05) is 19.1 Å². The van der Waals surface area contributed by atoms with Gasteiger partial charge in [0.1, 0.15) is 12.7 Å². The van der Waals surface area contributed by atoms with Crippen LogP contribution in [-0.2, 0) is 0 Å². The molecule has 1 aliphatic carbocycles. The summed E-state index contributed by atoms with van der Waals surface area (Å²) in [6.07, 6.45) is 5.11. The van der Waals surface area contributed by atoms with Crippen LogP contribution in [0.5, 0.6) is 0 Å². The van der Waals surface area contributed by atoms with E-state index in [1.807, 2.05) is 12.7 Å². The van der Waals surface area contributed by atoms with E-state index in [4.69, 9.17) is 0 Å². The topological polar surface area (TPSA) is 34.0 Å². The molecular weight excluding hydrogens is 164 g/mol. The summed E-state index contributed by atoms with van der Waals surface area (Å²) in [7, 11) is 2.21. The quantitative estimate of drug-likeness (QED) is 0.624. The molecule has 4 rings (SSSR count). The molecule has 1 saturated carbocycles. The van der Waals surface area contributed by atoms with E-state index in [0.29, 0.717) is 6.04 Å². The number of fused-ring (bicyclic) bond motifs is 2. The van der Waals surface area contributed by atoms with Crippen molar-refractivity contribution in [2.45, 2.75) is 12.5 Å². The van der Waals surface area contributed by atoms with Gasteiger partial charge >= 0.3 is 0 Å². The zero-order valence-electron chi connectivity index (χ0n) is 7.80. The van der Waals surface area contributed by atoms with E-state index in [1.54, 1.807) is 0 Å². The molecule has 3 aliphatic rings. The normalized spacial score (nSPS) is 38.7. The zero-order valence-corrected chi connectivity index (χ0v) is 7.80. The highest BCUT2D eigenvalue weighted by Crippen LogP contribution is 2.47. The number of aromatic nitrogens is 3. The van der Waals surface area contributed by atoms with E-state index < -0.39 is 0 Å². The van der Waals surface area contributed by atoms with Crippen molar-refractivity contribution < 1.29 is 0 Å². The molecule has 13 heavy (non-hydrogen) atoms. The third kappa shape index (κ3) is 1.01. The van der Waals surface area contributed by atoms with Crippen LogP contribution in [0.1, 0.15) is 12.5 Å². The van der Waals surface area contributed by atoms with Crippen LogP contribution >= 0.6 is 0 Å². The summed E-state index contributed by atoms with van der Waals surface area (Å²) >= 11 is 0. The van der Waals surface area contributed by atoms with Gasteiger partial charge in [-0.1, -0.05) is 0 Å². The highest BCUT2D eigenvalue weighted by Gasteiger charge is 2.46. The monoisotopic (exact) mass is 178 g/mol. The first-order valence-corrected chi connectivity index (χ1v) is 4.87. The van der Waals surface area contributed by atoms with Crippen LogP contribution in [0.4, 0.5) is 0 Å². The van der Waals surface area contributed by atoms with Crippen molar-refractivity contribution in [2.75, 3.05) is 20.1 Å². The number of rotatable bonds is 1. The number of hydrogen-bond acceptors (Lipinski definition) is 3. The van der Waals surface area contributed by atoms with Gasteiger partial charge in [-0.05, 0) is 25.3 Å². The van der Waals surface area contributed by atoms with Crippen LogP contribution < -0.4 is 0 Å². The minimum absolute atomic E-state index is 0.686. The molecule has 2 atom stereocenters. The molecule has 2 saturated heterocycles. The highest BCUT2D eigenvalue weighted by atomic mass is 15.3. The number of hydrogen-bond donors (Lipinski definition) is 0. The van der Waals surface area contributed by atoms with E-state index in [-0.39, 0.29) is 0 Å². The second kappa shape index (κ2) is 2.54. The first-order chi connectivity index (χ1) is 6.34. The predicted molar refractivity (Wildman–Crippen MR) is 48.2 cm³/mol. The van der Waals surface area contributed by atoms with Gasteiger partial charge in [-0.15, -0.1) is 10.2 Å². The molecule has 4 heteroatoms. The molecule has 2 bridgehead atoms. The van der Waals surface area contributed by atoms with Crippen LogP contribution in [0.15, 0.2) is 12.7 Å². The summed E-state index contributed by atoms with van der Waals surface area (Å²) in [5.74, 6) is 1.67. The molecule has 0 amide bonds. The molecule has 2 unspecified atom stereocenters. The van der Waals surface area contributed by atoms with Crippen molar-refractivity contribution in [1.29, 1.82) is 0 Å². The fourth-order valence-corrected chi connectivity index (χ4v) is 2.95. The Bertz CT molecular complexity index is 283. The Hall–Kier alpha value is -0.900. The summed E-state index contributed by atoms with van der Waals surface area (Å²) in [5.41, 5.74) is 0. The van der Waals surface area contributed by atoms with Gasteiger partial charge in [0.05, 0.1) is 0 Å². The largest absolute Gasteiger partial charge is 0.316 e. The molecule has 3 heterocycles. The van der Waals surface area contributed by atoms with E-state index >= 15 is 0 Å². The molecule has 0 N–H and O–H groups in total. The molecule has 1 aromatic heterocycles. The van der Waals surface area contributed by atoms with Gasteiger partial charge in [-0.3, -0.25) is 0 Å². The van der Waals surface area contributed by atoms with Crippen molar-refractivity contribution in [3.8, 4) is 0 Å². The predicted octanol–water partition coefficient (Wildman–Crippen LogP) is 0.401. The van der Waals surface area contributed by atoms with E-state index in [1.165, 1.54) is 19.5 Å². The first-order valence-electron chi connectivity index (χ1n) is 4.87. The van der Waals surface area contributed by atoms with Crippen LogP contribution in [0.2, 0.25) is 0 Å². The molecule has 70 valence electrons. The zero-order chi connectivity index (χ0) is 8.84. The molecule has 4 nitrogen and oxygen atoms in total. The lowest BCUT2D eigenvalue weighted by molar-refractivity contribution is -0.0228. The Morgan fingerprint density at radius 1 is 1.15 bits per heavy atom. The van der Waals surface area contributed by atoms with Crippen LogP contribution in [0.3, 0.4) is 0 Å². The maximum absolute atomic E-state index is 3.87. The Morgan fingerprint density at radius 3 is 2.38 bits per heavy atom. The van der Waals surface area contributed by atoms with Crippen molar-refractivity contribution in [3.63, 3.8) is 0 Å².